The van der Waals surface area contributed by atoms with Crippen molar-refractivity contribution in [2.45, 2.75) is 18.1 Å². The molecule has 11 nitrogen and oxygen atoms in total. The lowest BCUT2D eigenvalue weighted by molar-refractivity contribution is -0.139. The van der Waals surface area contributed by atoms with Gasteiger partial charge in [0.05, 0.1) is 18.2 Å². The zero-order chi connectivity index (χ0) is 22.0. The third-order valence-corrected chi connectivity index (χ3v) is 5.37. The summed E-state index contributed by atoms with van der Waals surface area (Å²) >= 11 is 1.11. The summed E-state index contributed by atoms with van der Waals surface area (Å²) in [5, 5.41) is 5.67. The van der Waals surface area contributed by atoms with E-state index in [-0.39, 0.29) is 35.7 Å². The van der Waals surface area contributed by atoms with Gasteiger partial charge in [-0.3, -0.25) is 4.79 Å². The van der Waals surface area contributed by atoms with Crippen LogP contribution in [0.25, 0.3) is 0 Å². The summed E-state index contributed by atoms with van der Waals surface area (Å²) in [6.07, 6.45) is 0. The lowest BCUT2D eigenvalue weighted by Gasteiger charge is -2.29. The quantitative estimate of drug-likeness (QED) is 0.290. The minimum absolute atomic E-state index is 0.0680. The van der Waals surface area contributed by atoms with E-state index in [1.807, 2.05) is 0 Å². The maximum atomic E-state index is 12.8. The van der Waals surface area contributed by atoms with Crippen molar-refractivity contribution in [1.29, 1.82) is 0 Å². The summed E-state index contributed by atoms with van der Waals surface area (Å²) in [4.78, 5) is 43.4. The molecule has 2 aromatic rings. The number of hydrogen-bond donors (Lipinski definition) is 4. The van der Waals surface area contributed by atoms with E-state index in [0.29, 0.717) is 22.8 Å². The number of rotatable bonds is 6. The number of amides is 2. The van der Waals surface area contributed by atoms with Crippen LogP contribution in [0.4, 0.5) is 10.6 Å². The van der Waals surface area contributed by atoms with Gasteiger partial charge < -0.3 is 35.6 Å². The fourth-order valence-corrected chi connectivity index (χ4v) is 4.04. The van der Waals surface area contributed by atoms with Crippen LogP contribution in [0, 0.1) is 0 Å². The summed E-state index contributed by atoms with van der Waals surface area (Å²) < 4.78 is 16.0. The van der Waals surface area contributed by atoms with Crippen molar-refractivity contribution < 1.29 is 23.8 Å². The first-order valence-corrected chi connectivity index (χ1v) is 10.3. The van der Waals surface area contributed by atoms with Gasteiger partial charge in [-0.25, -0.2) is 14.6 Å². The van der Waals surface area contributed by atoms with Crippen molar-refractivity contribution in [2.75, 3.05) is 24.9 Å². The van der Waals surface area contributed by atoms with Crippen LogP contribution in [0.3, 0.4) is 0 Å². The van der Waals surface area contributed by atoms with Crippen molar-refractivity contribution in [3.05, 3.63) is 51.5 Å². The third kappa shape index (κ3) is 4.43. The van der Waals surface area contributed by atoms with Crippen LogP contribution in [0.1, 0.15) is 18.5 Å². The van der Waals surface area contributed by atoms with Gasteiger partial charge in [0.1, 0.15) is 5.82 Å². The molecular weight excluding hydrogens is 426 g/mol. The van der Waals surface area contributed by atoms with Crippen molar-refractivity contribution in [1.82, 2.24) is 20.6 Å². The Labute approximate surface area is 180 Å². The first-order valence-electron chi connectivity index (χ1n) is 9.31. The zero-order valence-electron chi connectivity index (χ0n) is 16.4. The molecule has 0 aliphatic carbocycles. The fraction of sp³-hybridized carbons (Fsp3) is 0.263. The van der Waals surface area contributed by atoms with E-state index in [2.05, 4.69) is 20.6 Å². The first kappa shape index (κ1) is 20.6. The normalized spacial score (nSPS) is 17.2. The van der Waals surface area contributed by atoms with Gasteiger partial charge in [0, 0.05) is 17.5 Å². The number of carbonyl (C=O) groups excluding carboxylic acids is 2. The van der Waals surface area contributed by atoms with Gasteiger partial charge >= 0.3 is 12.0 Å². The number of urea groups is 1. The van der Waals surface area contributed by atoms with Crippen LogP contribution < -0.4 is 31.4 Å². The Kier molecular flexibility index (Phi) is 5.71. The zero-order valence-corrected chi connectivity index (χ0v) is 17.2. The third-order valence-electron chi connectivity index (χ3n) is 4.47. The number of esters is 1. The number of hydrogen-bond acceptors (Lipinski definition) is 9. The molecule has 1 unspecified atom stereocenters. The molecule has 0 fully saturated rings. The molecule has 1 aromatic heterocycles. The van der Waals surface area contributed by atoms with Gasteiger partial charge in [0.15, 0.2) is 16.7 Å². The molecule has 12 heteroatoms. The maximum Gasteiger partial charge on any atom is 0.338 e. The minimum Gasteiger partial charge on any atom is -0.463 e. The molecule has 31 heavy (non-hydrogen) atoms. The number of nitrogens with one attached hydrogen (secondary N) is 3. The molecule has 162 valence electrons. The number of thioether (sulfide) groups is 1. The Morgan fingerprint density at radius 1 is 1.29 bits per heavy atom. The summed E-state index contributed by atoms with van der Waals surface area (Å²) in [7, 11) is 0. The maximum absolute atomic E-state index is 12.8. The summed E-state index contributed by atoms with van der Waals surface area (Å²) in [6.45, 7) is 1.96. The Bertz CT molecular complexity index is 1130. The molecule has 4 rings (SSSR count). The smallest absolute Gasteiger partial charge is 0.338 e. The van der Waals surface area contributed by atoms with Crippen LogP contribution in [0.5, 0.6) is 11.5 Å². The molecule has 1 aromatic carbocycles. The van der Waals surface area contributed by atoms with E-state index in [4.69, 9.17) is 19.9 Å². The van der Waals surface area contributed by atoms with Gasteiger partial charge in [-0.1, -0.05) is 17.8 Å². The molecule has 2 aliphatic heterocycles. The van der Waals surface area contributed by atoms with E-state index in [9.17, 15) is 14.4 Å². The number of nitrogens with two attached hydrogens (primary N) is 1. The average Bonchev–Trinajstić information content (AvgIpc) is 3.19. The molecule has 5 N–H and O–H groups in total. The van der Waals surface area contributed by atoms with Crippen LogP contribution in [0.2, 0.25) is 0 Å². The van der Waals surface area contributed by atoms with E-state index in [1.165, 1.54) is 0 Å². The van der Waals surface area contributed by atoms with Gasteiger partial charge in [0.2, 0.25) is 6.79 Å². The highest BCUT2D eigenvalue weighted by Gasteiger charge is 2.34. The largest absolute Gasteiger partial charge is 0.463 e. The van der Waals surface area contributed by atoms with E-state index in [1.54, 1.807) is 25.1 Å². The number of aromatic amines is 1. The summed E-state index contributed by atoms with van der Waals surface area (Å²) in [5.74, 6) is 0.722. The fourth-order valence-electron chi connectivity index (χ4n) is 3.19. The molecular formula is C19H19N5O6S. The number of nitrogen functional groups attached to an aromatic ring is 1. The highest BCUT2D eigenvalue weighted by molar-refractivity contribution is 7.99. The highest BCUT2D eigenvalue weighted by atomic mass is 32.2. The number of anilines is 1. The van der Waals surface area contributed by atoms with Gasteiger partial charge in [-0.2, -0.15) is 0 Å². The van der Waals surface area contributed by atoms with Crippen LogP contribution in [-0.2, 0) is 9.53 Å². The predicted molar refractivity (Wildman–Crippen MR) is 111 cm³/mol. The second-order valence-electron chi connectivity index (χ2n) is 6.52. The number of nitrogens with zero attached hydrogens (tertiary/aromatic N) is 1. The lowest BCUT2D eigenvalue weighted by Crippen LogP contribution is -2.46. The van der Waals surface area contributed by atoms with Crippen LogP contribution in [0.15, 0.2) is 45.5 Å². The first-order chi connectivity index (χ1) is 14.9. The molecule has 0 spiro atoms. The van der Waals surface area contributed by atoms with E-state index in [0.717, 1.165) is 17.8 Å². The predicted octanol–water partition coefficient (Wildman–Crippen LogP) is 1.04. The highest BCUT2D eigenvalue weighted by Crippen LogP contribution is 2.37. The van der Waals surface area contributed by atoms with Crippen molar-refractivity contribution >= 4 is 29.6 Å². The Morgan fingerprint density at radius 3 is 2.87 bits per heavy atom. The SMILES string of the molecule is CCOC(=O)C1=C(CSc2nc(N)cc(=O)[nH]2)NC(=O)NC1c1ccc2c(c1)OCO2. The number of benzene rings is 1. The standard InChI is InChI=1S/C19H19N5O6S/c1-2-28-17(26)15-10(7-31-19-22-13(20)6-14(25)23-19)21-18(27)24-16(15)9-3-4-11-12(5-9)30-8-29-11/h3-6,16H,2,7-8H2,1H3,(H2,21,24,27)(H3,20,22,23,25). The summed E-state index contributed by atoms with van der Waals surface area (Å²) in [5.41, 5.74) is 6.41. The average molecular weight is 445 g/mol. The monoisotopic (exact) mass is 445 g/mol. The molecule has 0 saturated heterocycles. The Morgan fingerprint density at radius 2 is 2.10 bits per heavy atom. The molecule has 2 aliphatic rings. The molecule has 2 amide bonds. The Hall–Kier alpha value is -3.67. The van der Waals surface area contributed by atoms with E-state index >= 15 is 0 Å². The molecule has 1 atom stereocenters. The molecule has 0 bridgehead atoms. The number of fused-ring (bicyclic) bond motifs is 1. The van der Waals surface area contributed by atoms with E-state index < -0.39 is 23.6 Å². The second-order valence-corrected chi connectivity index (χ2v) is 7.49. The lowest BCUT2D eigenvalue weighted by atomic mass is 9.95. The van der Waals surface area contributed by atoms with Crippen LogP contribution in [-0.4, -0.2) is 41.1 Å². The van der Waals surface area contributed by atoms with Crippen molar-refractivity contribution in [3.63, 3.8) is 0 Å². The summed E-state index contributed by atoms with van der Waals surface area (Å²) in [6, 6.07) is 5.07. The number of aromatic nitrogens is 2. The number of carbonyl (C=O) groups is 2. The second kappa shape index (κ2) is 8.60. The molecule has 3 heterocycles. The van der Waals surface area contributed by atoms with Crippen molar-refractivity contribution in [3.8, 4) is 11.5 Å². The molecule has 0 saturated carbocycles. The van der Waals surface area contributed by atoms with Crippen molar-refractivity contribution in [2.24, 2.45) is 0 Å². The minimum atomic E-state index is -0.772. The topological polar surface area (TPSA) is 158 Å². The van der Waals surface area contributed by atoms with Gasteiger partial charge in [0.25, 0.3) is 5.56 Å². The number of H-pyrrole nitrogens is 1. The van der Waals surface area contributed by atoms with Gasteiger partial charge in [-0.15, -0.1) is 0 Å². The number of ether oxygens (including phenoxy) is 3. The van der Waals surface area contributed by atoms with Crippen LogP contribution >= 0.6 is 11.8 Å². The van der Waals surface area contributed by atoms with Gasteiger partial charge in [-0.05, 0) is 24.6 Å². The Balaban J connectivity index is 1.70. The molecule has 0 radical (unpaired) electrons.